The fourth-order valence-electron chi connectivity index (χ4n) is 5.18. The van der Waals surface area contributed by atoms with Crippen molar-refractivity contribution < 1.29 is 28.8 Å². The third-order valence-electron chi connectivity index (χ3n) is 8.04. The van der Waals surface area contributed by atoms with Crippen molar-refractivity contribution in [1.82, 2.24) is 19.7 Å². The Morgan fingerprint density at radius 1 is 0.773 bits per heavy atom. The van der Waals surface area contributed by atoms with Crippen LogP contribution in [0.4, 0.5) is 0 Å². The van der Waals surface area contributed by atoms with E-state index >= 15 is 0 Å². The zero-order valence-electron chi connectivity index (χ0n) is 27.2. The van der Waals surface area contributed by atoms with Crippen molar-refractivity contribution in [2.75, 3.05) is 28.4 Å². The third kappa shape index (κ3) is 7.32. The van der Waals surface area contributed by atoms with Crippen molar-refractivity contribution in [2.45, 2.75) is 72.0 Å². The second kappa shape index (κ2) is 13.1. The standard InChI is InChI=1S/C34H44N4O6/c1-32(2,3)20-28-35-29-26(18-33(4,41-6)42-7)36-37-27(19-34(5,43-8)44-9)30(29)38(28)21-22-14-16-23(17-15-22)24-12-10-11-13-25(24)31(39)40/h10-17H,18-21H2,1-9H3,(H,39,40). The number of hydrogen-bond donors (Lipinski definition) is 1. The van der Waals surface area contributed by atoms with Crippen molar-refractivity contribution in [2.24, 2.45) is 5.41 Å². The lowest BCUT2D eigenvalue weighted by atomic mass is 9.92. The normalized spacial score (nSPS) is 12.7. The average molecular weight is 605 g/mol. The van der Waals surface area contributed by atoms with E-state index in [0.717, 1.165) is 28.0 Å². The van der Waals surface area contributed by atoms with Gasteiger partial charge in [0.05, 0.1) is 22.5 Å². The Kier molecular flexibility index (Phi) is 9.90. The van der Waals surface area contributed by atoms with Gasteiger partial charge in [-0.15, -0.1) is 0 Å². The number of hydrogen-bond acceptors (Lipinski definition) is 8. The molecule has 4 aromatic rings. The van der Waals surface area contributed by atoms with E-state index in [2.05, 4.69) is 30.4 Å². The number of imidazole rings is 1. The molecule has 0 aliphatic heterocycles. The van der Waals surface area contributed by atoms with Crippen LogP contribution in [0.5, 0.6) is 0 Å². The summed E-state index contributed by atoms with van der Waals surface area (Å²) in [6, 6.07) is 15.0. The van der Waals surface area contributed by atoms with E-state index in [1.54, 1.807) is 40.6 Å². The molecule has 0 amide bonds. The second-order valence-electron chi connectivity index (χ2n) is 12.6. The summed E-state index contributed by atoms with van der Waals surface area (Å²) < 4.78 is 25.0. The van der Waals surface area contributed by atoms with Crippen molar-refractivity contribution in [3.05, 3.63) is 76.9 Å². The lowest BCUT2D eigenvalue weighted by molar-refractivity contribution is -0.193. The predicted octanol–water partition coefficient (Wildman–Crippen LogP) is 5.93. The molecule has 0 aliphatic carbocycles. The number of rotatable bonds is 13. The summed E-state index contributed by atoms with van der Waals surface area (Å²) in [6.45, 7) is 10.8. The van der Waals surface area contributed by atoms with Crippen molar-refractivity contribution in [1.29, 1.82) is 0 Å². The fourth-order valence-corrected chi connectivity index (χ4v) is 5.18. The number of carboxylic acids is 1. The number of aromatic carboxylic acids is 1. The molecule has 2 aromatic heterocycles. The van der Waals surface area contributed by atoms with Gasteiger partial charge in [-0.05, 0) is 42.0 Å². The van der Waals surface area contributed by atoms with E-state index < -0.39 is 17.5 Å². The van der Waals surface area contributed by atoms with Crippen LogP contribution in [0.25, 0.3) is 22.2 Å². The predicted molar refractivity (Wildman–Crippen MR) is 169 cm³/mol. The largest absolute Gasteiger partial charge is 0.478 e. The summed E-state index contributed by atoms with van der Waals surface area (Å²) in [4.78, 5) is 17.0. The Morgan fingerprint density at radius 2 is 1.32 bits per heavy atom. The minimum atomic E-state index is -0.956. The molecule has 4 rings (SSSR count). The van der Waals surface area contributed by atoms with Gasteiger partial charge in [0.1, 0.15) is 11.3 Å². The van der Waals surface area contributed by atoms with Crippen LogP contribution in [-0.2, 0) is 44.8 Å². The third-order valence-corrected chi connectivity index (χ3v) is 8.04. The highest BCUT2D eigenvalue weighted by atomic mass is 16.7. The quantitative estimate of drug-likeness (QED) is 0.185. The van der Waals surface area contributed by atoms with Crippen molar-refractivity contribution in [3.8, 4) is 11.1 Å². The first kappa shape index (κ1) is 33.2. The topological polar surface area (TPSA) is 118 Å². The Bertz CT molecular complexity index is 1600. The summed E-state index contributed by atoms with van der Waals surface area (Å²) in [5, 5.41) is 19.0. The molecule has 0 bridgehead atoms. The van der Waals surface area contributed by atoms with Gasteiger partial charge in [0.2, 0.25) is 0 Å². The first-order valence-corrected chi connectivity index (χ1v) is 14.6. The molecule has 0 aliphatic rings. The van der Waals surface area contributed by atoms with Gasteiger partial charge in [-0.25, -0.2) is 9.78 Å². The molecule has 10 heteroatoms. The lowest BCUT2D eigenvalue weighted by Crippen LogP contribution is -2.34. The second-order valence-corrected chi connectivity index (χ2v) is 12.6. The van der Waals surface area contributed by atoms with Crippen LogP contribution in [-0.4, -0.2) is 70.8 Å². The molecule has 0 radical (unpaired) electrons. The number of carboxylic acid groups (broad SMARTS) is 1. The van der Waals surface area contributed by atoms with Gasteiger partial charge in [-0.3, -0.25) is 0 Å². The van der Waals surface area contributed by atoms with Crippen molar-refractivity contribution in [3.63, 3.8) is 0 Å². The first-order valence-electron chi connectivity index (χ1n) is 14.6. The van der Waals surface area contributed by atoms with Gasteiger partial charge >= 0.3 is 5.97 Å². The number of benzene rings is 2. The van der Waals surface area contributed by atoms with Gasteiger partial charge in [0, 0.05) is 54.2 Å². The van der Waals surface area contributed by atoms with E-state index in [-0.39, 0.29) is 11.0 Å². The van der Waals surface area contributed by atoms with E-state index in [9.17, 15) is 9.90 Å². The van der Waals surface area contributed by atoms with Gasteiger partial charge < -0.3 is 28.6 Å². The van der Waals surface area contributed by atoms with Gasteiger partial charge in [0.25, 0.3) is 0 Å². The molecule has 0 fully saturated rings. The summed E-state index contributed by atoms with van der Waals surface area (Å²) in [5.74, 6) is -1.89. The molecular formula is C34H44N4O6. The van der Waals surface area contributed by atoms with Crippen LogP contribution in [0.2, 0.25) is 0 Å². The zero-order valence-corrected chi connectivity index (χ0v) is 27.2. The number of nitrogens with zero attached hydrogens (tertiary/aromatic N) is 4. The molecule has 0 spiro atoms. The Morgan fingerprint density at radius 3 is 1.86 bits per heavy atom. The van der Waals surface area contributed by atoms with Crippen LogP contribution in [0.1, 0.15) is 67.8 Å². The molecule has 1 N–H and O–H groups in total. The molecule has 236 valence electrons. The van der Waals surface area contributed by atoms with E-state index in [1.165, 1.54) is 0 Å². The van der Waals surface area contributed by atoms with Crippen LogP contribution in [0, 0.1) is 5.41 Å². The monoisotopic (exact) mass is 604 g/mol. The smallest absolute Gasteiger partial charge is 0.336 e. The van der Waals surface area contributed by atoms with Crippen LogP contribution in [0.15, 0.2) is 48.5 Å². The zero-order chi connectivity index (χ0) is 32.3. The first-order chi connectivity index (χ1) is 20.7. The number of aromatic nitrogens is 4. The summed E-state index contributed by atoms with van der Waals surface area (Å²) >= 11 is 0. The summed E-state index contributed by atoms with van der Waals surface area (Å²) in [5.41, 5.74) is 5.70. The molecular weight excluding hydrogens is 560 g/mol. The van der Waals surface area contributed by atoms with Crippen LogP contribution >= 0.6 is 0 Å². The summed E-state index contributed by atoms with van der Waals surface area (Å²) in [7, 11) is 6.43. The SMILES string of the molecule is COC(C)(Cc1nnc(CC(C)(OC)OC)c2c1nc(CC(C)(C)C)n2Cc1ccc(-c2ccccc2C(=O)O)cc1)OC. The highest BCUT2D eigenvalue weighted by molar-refractivity contribution is 5.96. The van der Waals surface area contributed by atoms with Gasteiger partial charge in [-0.1, -0.05) is 63.2 Å². The minimum Gasteiger partial charge on any atom is -0.478 e. The number of ether oxygens (including phenoxy) is 4. The average Bonchev–Trinajstić information content (AvgIpc) is 3.35. The maximum absolute atomic E-state index is 11.8. The van der Waals surface area contributed by atoms with E-state index in [0.29, 0.717) is 42.8 Å². The molecule has 2 aromatic carbocycles. The molecule has 0 saturated carbocycles. The Labute approximate surface area is 259 Å². The number of carbonyl (C=O) groups is 1. The van der Waals surface area contributed by atoms with E-state index in [4.69, 9.17) is 29.0 Å². The van der Waals surface area contributed by atoms with E-state index in [1.807, 2.05) is 50.2 Å². The highest BCUT2D eigenvalue weighted by Crippen LogP contribution is 2.32. The number of fused-ring (bicyclic) bond motifs is 1. The Balaban J connectivity index is 1.89. The van der Waals surface area contributed by atoms with Gasteiger partial charge in [-0.2, -0.15) is 10.2 Å². The van der Waals surface area contributed by atoms with Crippen LogP contribution in [0.3, 0.4) is 0 Å². The Hall–Kier alpha value is -3.70. The summed E-state index contributed by atoms with van der Waals surface area (Å²) in [6.07, 6.45) is 1.41. The highest BCUT2D eigenvalue weighted by Gasteiger charge is 2.32. The van der Waals surface area contributed by atoms with Crippen molar-refractivity contribution >= 4 is 17.0 Å². The number of methoxy groups -OCH3 is 4. The van der Waals surface area contributed by atoms with Gasteiger partial charge in [0.15, 0.2) is 11.6 Å². The maximum atomic E-state index is 11.8. The molecule has 44 heavy (non-hydrogen) atoms. The maximum Gasteiger partial charge on any atom is 0.336 e. The lowest BCUT2D eigenvalue weighted by Gasteiger charge is -2.27. The molecule has 10 nitrogen and oxygen atoms in total. The molecule has 0 atom stereocenters. The fraction of sp³-hybridized carbons (Fsp3) is 0.471. The van der Waals surface area contributed by atoms with Crippen LogP contribution < -0.4 is 0 Å². The molecule has 0 unspecified atom stereocenters. The molecule has 2 heterocycles. The minimum absolute atomic E-state index is 0.0497. The molecule has 0 saturated heterocycles.